The minimum atomic E-state index is -0.196. The molecule has 26 heavy (non-hydrogen) atoms. The van der Waals surface area contributed by atoms with Crippen molar-refractivity contribution in [3.63, 3.8) is 0 Å². The van der Waals surface area contributed by atoms with Gasteiger partial charge in [-0.2, -0.15) is 0 Å². The van der Waals surface area contributed by atoms with Gasteiger partial charge in [-0.05, 0) is 62.4 Å². The summed E-state index contributed by atoms with van der Waals surface area (Å²) in [5, 5.41) is 9.11. The third-order valence-corrected chi connectivity index (χ3v) is 4.87. The first-order valence-corrected chi connectivity index (χ1v) is 8.98. The van der Waals surface area contributed by atoms with Gasteiger partial charge in [0.25, 0.3) is 5.91 Å². The number of benzene rings is 1. The van der Waals surface area contributed by atoms with Gasteiger partial charge in [-0.15, -0.1) is 0 Å². The maximum atomic E-state index is 12.8. The molecule has 2 aromatic rings. The number of fused-ring (bicyclic) bond motifs is 1. The Hall–Kier alpha value is -2.89. The Morgan fingerprint density at radius 3 is 2.81 bits per heavy atom. The Bertz CT molecular complexity index is 889. The van der Waals surface area contributed by atoms with Gasteiger partial charge in [-0.1, -0.05) is 0 Å². The molecule has 1 aromatic heterocycles. The second kappa shape index (κ2) is 6.44. The van der Waals surface area contributed by atoms with E-state index in [2.05, 4.69) is 27.9 Å². The summed E-state index contributed by atoms with van der Waals surface area (Å²) < 4.78 is 0. The summed E-state index contributed by atoms with van der Waals surface area (Å²) in [4.78, 5) is 29.0. The van der Waals surface area contributed by atoms with Gasteiger partial charge in [0, 0.05) is 29.8 Å². The molecule has 1 atom stereocenters. The number of nitrogens with zero attached hydrogens (tertiary/aromatic N) is 1. The Morgan fingerprint density at radius 2 is 2.04 bits per heavy atom. The average Bonchev–Trinajstić information content (AvgIpc) is 3.41. The van der Waals surface area contributed by atoms with Crippen LogP contribution in [0.15, 0.2) is 30.5 Å². The standard InChI is InChI=1S/C20H22N4O2/c1-11-7-8-21-19(18(11)13-3-4-13)24-20(26)14-5-6-15-16(10-14)22-12(2)9-17(25)23-15/h5-8,10,12-13,22H,3-4,9H2,1-2H3,(H,23,25)(H,21,24,26). The normalized spacial score (nSPS) is 19.0. The monoisotopic (exact) mass is 350 g/mol. The first-order valence-electron chi connectivity index (χ1n) is 8.98. The van der Waals surface area contributed by atoms with Crippen molar-refractivity contribution in [2.75, 3.05) is 16.0 Å². The molecule has 2 amide bonds. The largest absolute Gasteiger partial charge is 0.380 e. The van der Waals surface area contributed by atoms with E-state index in [-0.39, 0.29) is 17.9 Å². The van der Waals surface area contributed by atoms with E-state index in [1.165, 1.54) is 0 Å². The van der Waals surface area contributed by atoms with Crippen molar-refractivity contribution in [1.82, 2.24) is 4.98 Å². The molecule has 0 spiro atoms. The van der Waals surface area contributed by atoms with E-state index >= 15 is 0 Å². The maximum absolute atomic E-state index is 12.8. The predicted molar refractivity (Wildman–Crippen MR) is 102 cm³/mol. The quantitative estimate of drug-likeness (QED) is 0.789. The number of hydrogen-bond acceptors (Lipinski definition) is 4. The lowest BCUT2D eigenvalue weighted by molar-refractivity contribution is -0.116. The summed E-state index contributed by atoms with van der Waals surface area (Å²) in [6.45, 7) is 4.00. The van der Waals surface area contributed by atoms with E-state index in [9.17, 15) is 9.59 Å². The van der Waals surface area contributed by atoms with E-state index in [4.69, 9.17) is 0 Å². The van der Waals surface area contributed by atoms with E-state index in [1.807, 2.05) is 13.0 Å². The number of rotatable bonds is 3. The number of pyridine rings is 1. The number of carbonyl (C=O) groups is 2. The lowest BCUT2D eigenvalue weighted by atomic mass is 10.1. The molecule has 6 nitrogen and oxygen atoms in total. The fourth-order valence-electron chi connectivity index (χ4n) is 3.45. The molecule has 1 aliphatic heterocycles. The summed E-state index contributed by atoms with van der Waals surface area (Å²) in [6, 6.07) is 7.26. The van der Waals surface area contributed by atoms with Crippen molar-refractivity contribution in [2.45, 2.75) is 45.1 Å². The molecular formula is C20H22N4O2. The van der Waals surface area contributed by atoms with Gasteiger partial charge in [-0.3, -0.25) is 9.59 Å². The average molecular weight is 350 g/mol. The van der Waals surface area contributed by atoms with E-state index in [0.717, 1.165) is 29.7 Å². The van der Waals surface area contributed by atoms with E-state index in [0.29, 0.717) is 29.4 Å². The predicted octanol–water partition coefficient (Wildman–Crippen LogP) is 3.66. The van der Waals surface area contributed by atoms with Gasteiger partial charge in [0.1, 0.15) is 5.82 Å². The Morgan fingerprint density at radius 1 is 1.23 bits per heavy atom. The van der Waals surface area contributed by atoms with Crippen LogP contribution in [0.1, 0.15) is 53.6 Å². The first-order chi connectivity index (χ1) is 12.5. The molecule has 134 valence electrons. The topological polar surface area (TPSA) is 83.1 Å². The highest BCUT2D eigenvalue weighted by Crippen LogP contribution is 2.44. The summed E-state index contributed by atoms with van der Waals surface area (Å²) in [5.74, 6) is 0.933. The molecule has 2 aliphatic rings. The summed E-state index contributed by atoms with van der Waals surface area (Å²) >= 11 is 0. The van der Waals surface area contributed by atoms with Crippen LogP contribution in [-0.4, -0.2) is 22.8 Å². The zero-order valence-corrected chi connectivity index (χ0v) is 14.9. The van der Waals surface area contributed by atoms with E-state index in [1.54, 1.807) is 24.4 Å². The molecule has 4 rings (SSSR count). The molecule has 1 saturated carbocycles. The van der Waals surface area contributed by atoms with Gasteiger partial charge in [0.15, 0.2) is 0 Å². The van der Waals surface area contributed by atoms with Crippen LogP contribution >= 0.6 is 0 Å². The Kier molecular flexibility index (Phi) is 4.11. The number of aryl methyl sites for hydroxylation is 1. The highest BCUT2D eigenvalue weighted by molar-refractivity contribution is 6.06. The molecule has 0 radical (unpaired) electrons. The van der Waals surface area contributed by atoms with Crippen LogP contribution in [0, 0.1) is 6.92 Å². The fraction of sp³-hybridized carbons (Fsp3) is 0.350. The van der Waals surface area contributed by atoms with Crippen molar-refractivity contribution < 1.29 is 9.59 Å². The summed E-state index contributed by atoms with van der Waals surface area (Å²) in [7, 11) is 0. The molecule has 1 unspecified atom stereocenters. The first kappa shape index (κ1) is 16.6. The zero-order valence-electron chi connectivity index (χ0n) is 14.9. The van der Waals surface area contributed by atoms with Crippen LogP contribution < -0.4 is 16.0 Å². The lowest BCUT2D eigenvalue weighted by Gasteiger charge is -2.14. The van der Waals surface area contributed by atoms with Crippen molar-refractivity contribution >= 4 is 29.0 Å². The summed E-state index contributed by atoms with van der Waals surface area (Å²) in [6.07, 6.45) is 4.42. The minimum Gasteiger partial charge on any atom is -0.380 e. The molecule has 1 aliphatic carbocycles. The highest BCUT2D eigenvalue weighted by atomic mass is 16.2. The molecule has 6 heteroatoms. The van der Waals surface area contributed by atoms with Crippen LogP contribution in [0.2, 0.25) is 0 Å². The fourth-order valence-corrected chi connectivity index (χ4v) is 3.45. The van der Waals surface area contributed by atoms with Crippen LogP contribution in [0.3, 0.4) is 0 Å². The van der Waals surface area contributed by atoms with Gasteiger partial charge in [0.2, 0.25) is 5.91 Å². The molecule has 1 fully saturated rings. The van der Waals surface area contributed by atoms with Crippen LogP contribution in [0.25, 0.3) is 0 Å². The second-order valence-corrected chi connectivity index (χ2v) is 7.18. The van der Waals surface area contributed by atoms with Gasteiger partial charge >= 0.3 is 0 Å². The SMILES string of the molecule is Cc1ccnc(NC(=O)c2ccc3c(c2)NC(C)CC(=O)N3)c1C1CC1. The van der Waals surface area contributed by atoms with Crippen LogP contribution in [0.5, 0.6) is 0 Å². The smallest absolute Gasteiger partial charge is 0.256 e. The Labute approximate surface area is 152 Å². The van der Waals surface area contributed by atoms with Crippen LogP contribution in [-0.2, 0) is 4.79 Å². The highest BCUT2D eigenvalue weighted by Gasteiger charge is 2.29. The molecule has 3 N–H and O–H groups in total. The molecule has 1 aromatic carbocycles. The van der Waals surface area contributed by atoms with E-state index < -0.39 is 0 Å². The lowest BCUT2D eigenvalue weighted by Crippen LogP contribution is -2.19. The third-order valence-electron chi connectivity index (χ3n) is 4.87. The number of hydrogen-bond donors (Lipinski definition) is 3. The molecule has 2 heterocycles. The summed E-state index contributed by atoms with van der Waals surface area (Å²) in [5.41, 5.74) is 4.30. The van der Waals surface area contributed by atoms with Gasteiger partial charge < -0.3 is 16.0 Å². The minimum absolute atomic E-state index is 0.00877. The van der Waals surface area contributed by atoms with Gasteiger partial charge in [0.05, 0.1) is 11.4 Å². The Balaban J connectivity index is 1.60. The van der Waals surface area contributed by atoms with Crippen molar-refractivity contribution in [3.05, 3.63) is 47.2 Å². The molecule has 0 saturated heterocycles. The third kappa shape index (κ3) is 3.27. The molecule has 0 bridgehead atoms. The second-order valence-electron chi connectivity index (χ2n) is 7.18. The zero-order chi connectivity index (χ0) is 18.3. The van der Waals surface area contributed by atoms with Gasteiger partial charge in [-0.25, -0.2) is 4.98 Å². The number of carbonyl (C=O) groups excluding carboxylic acids is 2. The maximum Gasteiger partial charge on any atom is 0.256 e. The number of nitrogens with one attached hydrogen (secondary N) is 3. The van der Waals surface area contributed by atoms with Crippen molar-refractivity contribution in [1.29, 1.82) is 0 Å². The number of amides is 2. The number of anilines is 3. The van der Waals surface area contributed by atoms with Crippen LogP contribution in [0.4, 0.5) is 17.2 Å². The molecular weight excluding hydrogens is 328 g/mol. The van der Waals surface area contributed by atoms with Crippen molar-refractivity contribution in [2.24, 2.45) is 0 Å². The number of aromatic nitrogens is 1. The van der Waals surface area contributed by atoms with Crippen molar-refractivity contribution in [3.8, 4) is 0 Å².